The highest BCUT2D eigenvalue weighted by Gasteiger charge is 2.04. The summed E-state index contributed by atoms with van der Waals surface area (Å²) < 4.78 is 12.8. The standard InChI is InChI=1S/C18H18Cl2FNOS2/c19-15-4-3-14(17(20)9-15)11-24-8-7-22-18(23)12-25-10-13-1-5-16(21)6-2-13/h1-6,9H,7-8,10-12H2,(H,22,23). The summed E-state index contributed by atoms with van der Waals surface area (Å²) in [6, 6.07) is 11.8. The minimum Gasteiger partial charge on any atom is -0.355 e. The van der Waals surface area contributed by atoms with E-state index in [-0.39, 0.29) is 11.7 Å². The van der Waals surface area contributed by atoms with Gasteiger partial charge in [0.2, 0.25) is 5.91 Å². The molecule has 0 heterocycles. The van der Waals surface area contributed by atoms with E-state index in [1.165, 1.54) is 23.9 Å². The summed E-state index contributed by atoms with van der Waals surface area (Å²) in [4.78, 5) is 11.8. The number of halogens is 3. The molecule has 0 fully saturated rings. The number of thioether (sulfide) groups is 2. The number of hydrogen-bond donors (Lipinski definition) is 1. The van der Waals surface area contributed by atoms with Crippen LogP contribution in [-0.4, -0.2) is 24.0 Å². The molecular weight excluding hydrogens is 400 g/mol. The van der Waals surface area contributed by atoms with E-state index >= 15 is 0 Å². The molecule has 0 unspecified atom stereocenters. The van der Waals surface area contributed by atoms with Gasteiger partial charge in [-0.1, -0.05) is 41.4 Å². The Hall–Kier alpha value is -0.880. The Bertz CT molecular complexity index is 698. The molecule has 25 heavy (non-hydrogen) atoms. The number of carbonyl (C=O) groups is 1. The predicted molar refractivity (Wildman–Crippen MR) is 108 cm³/mol. The van der Waals surface area contributed by atoms with Gasteiger partial charge in [-0.2, -0.15) is 11.8 Å². The Morgan fingerprint density at radius 3 is 2.52 bits per heavy atom. The summed E-state index contributed by atoms with van der Waals surface area (Å²) in [5.74, 6) is 2.45. The molecule has 0 aromatic heterocycles. The second kappa shape index (κ2) is 11.0. The second-order valence-corrected chi connectivity index (χ2v) is 8.19. The van der Waals surface area contributed by atoms with Crippen molar-refractivity contribution in [3.63, 3.8) is 0 Å². The van der Waals surface area contributed by atoms with Crippen LogP contribution in [0, 0.1) is 5.82 Å². The third-order valence-electron chi connectivity index (χ3n) is 3.26. The van der Waals surface area contributed by atoms with E-state index in [1.54, 1.807) is 30.0 Å². The van der Waals surface area contributed by atoms with Crippen molar-refractivity contribution in [1.82, 2.24) is 5.32 Å². The van der Waals surface area contributed by atoms with E-state index in [0.717, 1.165) is 22.6 Å². The molecule has 0 saturated heterocycles. The fourth-order valence-electron chi connectivity index (χ4n) is 1.98. The van der Waals surface area contributed by atoms with Crippen molar-refractivity contribution in [2.45, 2.75) is 11.5 Å². The summed E-state index contributed by atoms with van der Waals surface area (Å²) in [6.07, 6.45) is 0. The van der Waals surface area contributed by atoms with E-state index < -0.39 is 0 Å². The second-order valence-electron chi connectivity index (χ2n) is 5.26. The largest absolute Gasteiger partial charge is 0.355 e. The lowest BCUT2D eigenvalue weighted by atomic mass is 10.2. The first-order valence-corrected chi connectivity index (χ1v) is 10.7. The van der Waals surface area contributed by atoms with Crippen molar-refractivity contribution in [3.8, 4) is 0 Å². The van der Waals surface area contributed by atoms with Crippen molar-refractivity contribution in [3.05, 3.63) is 69.5 Å². The van der Waals surface area contributed by atoms with E-state index in [9.17, 15) is 9.18 Å². The summed E-state index contributed by atoms with van der Waals surface area (Å²) in [7, 11) is 0. The molecule has 134 valence electrons. The molecule has 1 amide bonds. The molecule has 1 N–H and O–H groups in total. The van der Waals surface area contributed by atoms with Crippen LogP contribution in [0.4, 0.5) is 4.39 Å². The number of hydrogen-bond acceptors (Lipinski definition) is 3. The summed E-state index contributed by atoms with van der Waals surface area (Å²) >= 11 is 15.2. The number of nitrogens with one attached hydrogen (secondary N) is 1. The highest BCUT2D eigenvalue weighted by molar-refractivity contribution is 7.99. The summed E-state index contributed by atoms with van der Waals surface area (Å²) in [5, 5.41) is 4.19. The van der Waals surface area contributed by atoms with Gasteiger partial charge in [-0.15, -0.1) is 11.8 Å². The zero-order valence-corrected chi connectivity index (χ0v) is 16.6. The number of rotatable bonds is 9. The topological polar surface area (TPSA) is 29.1 Å². The van der Waals surface area contributed by atoms with Gasteiger partial charge < -0.3 is 5.32 Å². The zero-order valence-electron chi connectivity index (χ0n) is 13.4. The monoisotopic (exact) mass is 417 g/mol. The lowest BCUT2D eigenvalue weighted by molar-refractivity contribution is -0.118. The van der Waals surface area contributed by atoms with Crippen molar-refractivity contribution in [2.75, 3.05) is 18.1 Å². The molecule has 7 heteroatoms. The number of amides is 1. The minimum absolute atomic E-state index is 0.0113. The Balaban J connectivity index is 1.55. The van der Waals surface area contributed by atoms with Crippen molar-refractivity contribution in [1.29, 1.82) is 0 Å². The van der Waals surface area contributed by atoms with Gasteiger partial charge in [0.25, 0.3) is 0 Å². The van der Waals surface area contributed by atoms with Crippen LogP contribution in [0.2, 0.25) is 10.0 Å². The first-order chi connectivity index (χ1) is 12.0. The van der Waals surface area contributed by atoms with Crippen LogP contribution in [-0.2, 0) is 16.3 Å². The van der Waals surface area contributed by atoms with Crippen molar-refractivity contribution < 1.29 is 9.18 Å². The molecule has 0 aliphatic carbocycles. The Morgan fingerprint density at radius 1 is 1.04 bits per heavy atom. The van der Waals surface area contributed by atoms with Gasteiger partial charge in [0.05, 0.1) is 5.75 Å². The molecule has 0 aliphatic rings. The lowest BCUT2D eigenvalue weighted by Crippen LogP contribution is -2.27. The zero-order chi connectivity index (χ0) is 18.1. The first kappa shape index (κ1) is 20.4. The molecule has 2 aromatic carbocycles. The molecule has 0 saturated carbocycles. The lowest BCUT2D eigenvalue weighted by Gasteiger charge is -2.07. The highest BCUT2D eigenvalue weighted by Crippen LogP contribution is 2.24. The van der Waals surface area contributed by atoms with E-state index in [4.69, 9.17) is 23.2 Å². The van der Waals surface area contributed by atoms with Gasteiger partial charge in [-0.3, -0.25) is 4.79 Å². The molecule has 0 radical (unpaired) electrons. The molecule has 0 bridgehead atoms. The molecule has 2 aromatic rings. The van der Waals surface area contributed by atoms with Gasteiger partial charge in [0.1, 0.15) is 5.82 Å². The number of benzene rings is 2. The molecule has 0 spiro atoms. The van der Waals surface area contributed by atoms with Crippen LogP contribution in [0.3, 0.4) is 0 Å². The van der Waals surface area contributed by atoms with E-state index in [1.807, 2.05) is 12.1 Å². The van der Waals surface area contributed by atoms with Crippen LogP contribution < -0.4 is 5.32 Å². The Labute approximate surface area is 165 Å². The average Bonchev–Trinajstić information content (AvgIpc) is 2.58. The third-order valence-corrected chi connectivity index (χ3v) is 5.86. The minimum atomic E-state index is -0.246. The van der Waals surface area contributed by atoms with Crippen molar-refractivity contribution in [2.24, 2.45) is 0 Å². The van der Waals surface area contributed by atoms with Gasteiger partial charge in [0.15, 0.2) is 0 Å². The maximum atomic E-state index is 12.8. The first-order valence-electron chi connectivity index (χ1n) is 7.65. The van der Waals surface area contributed by atoms with Gasteiger partial charge in [-0.05, 0) is 35.4 Å². The molecule has 0 aliphatic heterocycles. The molecule has 2 nitrogen and oxygen atoms in total. The normalized spacial score (nSPS) is 10.7. The predicted octanol–water partition coefficient (Wildman–Crippen LogP) is 5.42. The van der Waals surface area contributed by atoms with Crippen molar-refractivity contribution >= 4 is 52.6 Å². The highest BCUT2D eigenvalue weighted by atomic mass is 35.5. The van der Waals surface area contributed by atoms with Gasteiger partial charge in [-0.25, -0.2) is 4.39 Å². The fourth-order valence-corrected chi connectivity index (χ4v) is 4.21. The Morgan fingerprint density at radius 2 is 1.80 bits per heavy atom. The maximum absolute atomic E-state index is 12.8. The van der Waals surface area contributed by atoms with E-state index in [2.05, 4.69) is 5.32 Å². The van der Waals surface area contributed by atoms with Crippen LogP contribution in [0.25, 0.3) is 0 Å². The van der Waals surface area contributed by atoms with Crippen LogP contribution in [0.1, 0.15) is 11.1 Å². The Kier molecular flexibility index (Phi) is 8.96. The average molecular weight is 418 g/mol. The van der Waals surface area contributed by atoms with Crippen LogP contribution in [0.15, 0.2) is 42.5 Å². The van der Waals surface area contributed by atoms with Crippen LogP contribution >= 0.6 is 46.7 Å². The third kappa shape index (κ3) is 7.90. The maximum Gasteiger partial charge on any atom is 0.230 e. The van der Waals surface area contributed by atoms with Gasteiger partial charge >= 0.3 is 0 Å². The SMILES string of the molecule is O=C(CSCc1ccc(F)cc1)NCCSCc1ccc(Cl)cc1Cl. The molecular formula is C18H18Cl2FNOS2. The number of carbonyl (C=O) groups excluding carboxylic acids is 1. The fraction of sp³-hybridized carbons (Fsp3) is 0.278. The van der Waals surface area contributed by atoms with Gasteiger partial charge in [0, 0.05) is 33.8 Å². The quantitative estimate of drug-likeness (QED) is 0.552. The summed E-state index contributed by atoms with van der Waals surface area (Å²) in [5.41, 5.74) is 2.05. The van der Waals surface area contributed by atoms with E-state index in [0.29, 0.717) is 28.1 Å². The van der Waals surface area contributed by atoms with Crippen LogP contribution in [0.5, 0.6) is 0 Å². The summed E-state index contributed by atoms with van der Waals surface area (Å²) in [6.45, 7) is 0.617. The smallest absolute Gasteiger partial charge is 0.230 e. The molecule has 2 rings (SSSR count). The molecule has 0 atom stereocenters.